The standard InChI is InChI=1S/C25H27N5O3.C2H6.H2/c1-19-15-21(9-10-26-19)25(32)28-17-24(31)30-13-11-29(12-14-30)23-8-7-22(16-27-23)33-18-20-5-3-2-4-6-20;1-2;/h2-10,15-16H,11-14,17-18H2,1H3,(H,28,32);1-2H3;1H. The number of aromatic nitrogens is 2. The Labute approximate surface area is 208 Å². The molecule has 4 rings (SSSR count). The molecule has 3 heterocycles. The number of carbonyl (C=O) groups excluding carboxylic acids is 2. The highest BCUT2D eigenvalue weighted by atomic mass is 16.5. The summed E-state index contributed by atoms with van der Waals surface area (Å²) in [5.41, 5.74) is 2.37. The van der Waals surface area contributed by atoms with Crippen LogP contribution in [0.3, 0.4) is 0 Å². The Balaban J connectivity index is 0.00000148. The summed E-state index contributed by atoms with van der Waals surface area (Å²) in [7, 11) is 0. The van der Waals surface area contributed by atoms with Crippen molar-refractivity contribution in [2.75, 3.05) is 37.6 Å². The molecule has 35 heavy (non-hydrogen) atoms. The average molecular weight is 478 g/mol. The summed E-state index contributed by atoms with van der Waals surface area (Å²) in [6.07, 6.45) is 3.31. The van der Waals surface area contributed by atoms with Gasteiger partial charge in [0.05, 0.1) is 12.7 Å². The molecule has 186 valence electrons. The monoisotopic (exact) mass is 477 g/mol. The van der Waals surface area contributed by atoms with E-state index in [2.05, 4.69) is 20.2 Å². The van der Waals surface area contributed by atoms with Crippen LogP contribution in [0.4, 0.5) is 5.82 Å². The van der Waals surface area contributed by atoms with E-state index in [1.165, 1.54) is 0 Å². The zero-order valence-corrected chi connectivity index (χ0v) is 20.6. The molecule has 1 N–H and O–H groups in total. The highest BCUT2D eigenvalue weighted by Crippen LogP contribution is 2.18. The summed E-state index contributed by atoms with van der Waals surface area (Å²) in [4.78, 5) is 37.3. The molecule has 2 amide bonds. The number of anilines is 1. The lowest BCUT2D eigenvalue weighted by atomic mass is 10.2. The molecule has 3 aromatic rings. The van der Waals surface area contributed by atoms with Crippen LogP contribution >= 0.6 is 0 Å². The lowest BCUT2D eigenvalue weighted by Crippen LogP contribution is -2.51. The van der Waals surface area contributed by atoms with Gasteiger partial charge in [-0.2, -0.15) is 0 Å². The molecule has 0 bridgehead atoms. The molecule has 8 nitrogen and oxygen atoms in total. The van der Waals surface area contributed by atoms with Gasteiger partial charge in [-0.05, 0) is 36.8 Å². The number of pyridine rings is 2. The topological polar surface area (TPSA) is 87.7 Å². The van der Waals surface area contributed by atoms with E-state index in [0.717, 1.165) is 22.8 Å². The first-order valence-corrected chi connectivity index (χ1v) is 11.9. The van der Waals surface area contributed by atoms with Gasteiger partial charge in [-0.15, -0.1) is 0 Å². The fraction of sp³-hybridized carbons (Fsp3) is 0.333. The number of rotatable bonds is 7. The van der Waals surface area contributed by atoms with Crippen LogP contribution < -0.4 is 15.0 Å². The molecule has 2 aromatic heterocycles. The Morgan fingerprint density at radius 1 is 1.00 bits per heavy atom. The molecule has 1 aromatic carbocycles. The number of carbonyl (C=O) groups is 2. The molecule has 0 atom stereocenters. The van der Waals surface area contributed by atoms with Crippen molar-refractivity contribution < 1.29 is 15.8 Å². The van der Waals surface area contributed by atoms with Gasteiger partial charge in [0.25, 0.3) is 5.91 Å². The molecule has 0 radical (unpaired) electrons. The number of ether oxygens (including phenoxy) is 1. The molecule has 1 fully saturated rings. The Morgan fingerprint density at radius 2 is 1.74 bits per heavy atom. The third-order valence-electron chi connectivity index (χ3n) is 5.48. The number of piperazine rings is 1. The van der Waals surface area contributed by atoms with Crippen molar-refractivity contribution in [3.05, 3.63) is 83.8 Å². The molecule has 8 heteroatoms. The van der Waals surface area contributed by atoms with Crippen molar-refractivity contribution >= 4 is 17.6 Å². The van der Waals surface area contributed by atoms with E-state index < -0.39 is 0 Å². The fourth-order valence-corrected chi connectivity index (χ4v) is 3.63. The van der Waals surface area contributed by atoms with Crippen molar-refractivity contribution in [1.82, 2.24) is 20.2 Å². The molecule has 0 unspecified atom stereocenters. The van der Waals surface area contributed by atoms with Gasteiger partial charge in [-0.3, -0.25) is 14.6 Å². The number of benzene rings is 1. The Morgan fingerprint density at radius 3 is 2.40 bits per heavy atom. The second-order valence-electron chi connectivity index (χ2n) is 7.86. The Kier molecular flexibility index (Phi) is 9.59. The van der Waals surface area contributed by atoms with E-state index in [1.807, 2.05) is 63.2 Å². The summed E-state index contributed by atoms with van der Waals surface area (Å²) in [6.45, 7) is 8.82. The summed E-state index contributed by atoms with van der Waals surface area (Å²) in [5.74, 6) is 1.21. The van der Waals surface area contributed by atoms with E-state index in [0.29, 0.717) is 38.3 Å². The lowest BCUT2D eigenvalue weighted by molar-refractivity contribution is -0.130. The first kappa shape index (κ1) is 25.7. The van der Waals surface area contributed by atoms with Crippen molar-refractivity contribution in [1.29, 1.82) is 0 Å². The van der Waals surface area contributed by atoms with Crippen LogP contribution in [-0.4, -0.2) is 59.4 Å². The first-order chi connectivity index (χ1) is 17.1. The van der Waals surface area contributed by atoms with Crippen LogP contribution in [0.1, 0.15) is 36.9 Å². The molecule has 1 aliphatic heterocycles. The number of nitrogens with one attached hydrogen (secondary N) is 1. The molecule has 1 saturated heterocycles. The zero-order chi connectivity index (χ0) is 25.0. The minimum atomic E-state index is -0.272. The molecule has 0 saturated carbocycles. The average Bonchev–Trinajstić information content (AvgIpc) is 2.92. The maximum absolute atomic E-state index is 12.5. The Bertz CT molecular complexity index is 1090. The molecule has 0 aliphatic carbocycles. The summed E-state index contributed by atoms with van der Waals surface area (Å²) < 4.78 is 5.80. The van der Waals surface area contributed by atoms with Crippen molar-refractivity contribution in [3.8, 4) is 5.75 Å². The third kappa shape index (κ3) is 7.53. The van der Waals surface area contributed by atoms with Crippen LogP contribution in [0, 0.1) is 6.92 Å². The highest BCUT2D eigenvalue weighted by Gasteiger charge is 2.22. The van der Waals surface area contributed by atoms with E-state index in [9.17, 15) is 9.59 Å². The van der Waals surface area contributed by atoms with Gasteiger partial charge >= 0.3 is 0 Å². The van der Waals surface area contributed by atoms with E-state index in [1.54, 1.807) is 29.4 Å². The van der Waals surface area contributed by atoms with E-state index >= 15 is 0 Å². The normalized spacial score (nSPS) is 12.9. The smallest absolute Gasteiger partial charge is 0.251 e. The molecule has 1 aliphatic rings. The quantitative estimate of drug-likeness (QED) is 0.558. The van der Waals surface area contributed by atoms with E-state index in [4.69, 9.17) is 4.74 Å². The third-order valence-corrected chi connectivity index (χ3v) is 5.48. The molecule has 0 spiro atoms. The van der Waals surface area contributed by atoms with Gasteiger partial charge < -0.3 is 19.9 Å². The minimum absolute atomic E-state index is 0. The van der Waals surface area contributed by atoms with Gasteiger partial charge in [0, 0.05) is 45.1 Å². The van der Waals surface area contributed by atoms with Gasteiger partial charge in [0.15, 0.2) is 0 Å². The minimum Gasteiger partial charge on any atom is -0.487 e. The number of hydrogen-bond donors (Lipinski definition) is 1. The maximum atomic E-state index is 12.5. The zero-order valence-electron chi connectivity index (χ0n) is 20.6. The van der Waals surface area contributed by atoms with Crippen molar-refractivity contribution in [3.63, 3.8) is 0 Å². The van der Waals surface area contributed by atoms with Crippen LogP contribution in [-0.2, 0) is 11.4 Å². The van der Waals surface area contributed by atoms with Gasteiger partial charge in [0.2, 0.25) is 5.91 Å². The summed E-state index contributed by atoms with van der Waals surface area (Å²) in [6, 6.07) is 17.2. The number of aryl methyl sites for hydroxylation is 1. The van der Waals surface area contributed by atoms with E-state index in [-0.39, 0.29) is 19.8 Å². The van der Waals surface area contributed by atoms with Crippen LogP contribution in [0.2, 0.25) is 0 Å². The molecular weight excluding hydrogens is 442 g/mol. The number of amides is 2. The highest BCUT2D eigenvalue weighted by molar-refractivity contribution is 5.96. The Hall–Kier alpha value is -3.94. The maximum Gasteiger partial charge on any atom is 0.251 e. The van der Waals surface area contributed by atoms with Crippen LogP contribution in [0.15, 0.2) is 67.0 Å². The summed E-state index contributed by atoms with van der Waals surface area (Å²) >= 11 is 0. The van der Waals surface area contributed by atoms with Crippen molar-refractivity contribution in [2.45, 2.75) is 27.4 Å². The van der Waals surface area contributed by atoms with Gasteiger partial charge in [-0.1, -0.05) is 44.2 Å². The van der Waals surface area contributed by atoms with Gasteiger partial charge in [0.1, 0.15) is 18.2 Å². The lowest BCUT2D eigenvalue weighted by Gasteiger charge is -2.35. The summed E-state index contributed by atoms with van der Waals surface area (Å²) in [5, 5.41) is 2.70. The van der Waals surface area contributed by atoms with Crippen molar-refractivity contribution in [2.24, 2.45) is 0 Å². The fourth-order valence-electron chi connectivity index (χ4n) is 3.63. The second-order valence-corrected chi connectivity index (χ2v) is 7.86. The van der Waals surface area contributed by atoms with Crippen LogP contribution in [0.25, 0.3) is 0 Å². The van der Waals surface area contributed by atoms with Gasteiger partial charge in [-0.25, -0.2) is 4.98 Å². The first-order valence-electron chi connectivity index (χ1n) is 11.9. The predicted molar refractivity (Wildman–Crippen MR) is 139 cm³/mol. The number of nitrogens with zero attached hydrogens (tertiary/aromatic N) is 4. The number of hydrogen-bond acceptors (Lipinski definition) is 6. The molecular formula is C27H35N5O3. The predicted octanol–water partition coefficient (Wildman–Crippen LogP) is 3.71. The second kappa shape index (κ2) is 13.1. The SMILES string of the molecule is CC.Cc1cc(C(=O)NCC(=O)N2CCN(c3ccc(OCc4ccccc4)cn3)CC2)ccn1.[HH]. The largest absolute Gasteiger partial charge is 0.487 e. The van der Waals surface area contributed by atoms with Crippen LogP contribution in [0.5, 0.6) is 5.75 Å².